The summed E-state index contributed by atoms with van der Waals surface area (Å²) in [6, 6.07) is 0. The second-order valence-electron chi connectivity index (χ2n) is 4.68. The average Bonchev–Trinajstić information content (AvgIpc) is 3.27. The zero-order chi connectivity index (χ0) is 15.2. The fraction of sp³-hybridized carbons (Fsp3) is 0.467. The predicted octanol–water partition coefficient (Wildman–Crippen LogP) is 1.94. The lowest BCUT2D eigenvalue weighted by Gasteiger charge is -2.13. The van der Waals surface area contributed by atoms with Gasteiger partial charge in [-0.25, -0.2) is 9.59 Å². The second-order valence-corrected chi connectivity index (χ2v) is 4.68. The van der Waals surface area contributed by atoms with Crippen molar-refractivity contribution in [2.75, 3.05) is 13.2 Å². The summed E-state index contributed by atoms with van der Waals surface area (Å²) >= 11 is 0. The Balaban J connectivity index is 0.000000221. The Labute approximate surface area is 118 Å². The molecule has 5 nitrogen and oxygen atoms in total. The van der Waals surface area contributed by atoms with Crippen LogP contribution >= 0.6 is 0 Å². The van der Waals surface area contributed by atoms with Gasteiger partial charge in [0, 0.05) is 11.6 Å². The highest BCUT2D eigenvalue weighted by Gasteiger charge is 2.59. The molecule has 1 saturated carbocycles. The van der Waals surface area contributed by atoms with E-state index in [1.165, 1.54) is 6.08 Å². The minimum atomic E-state index is -0.412. The predicted molar refractivity (Wildman–Crippen MR) is 74.0 cm³/mol. The van der Waals surface area contributed by atoms with Gasteiger partial charge in [0.25, 0.3) is 0 Å². The van der Waals surface area contributed by atoms with Gasteiger partial charge in [-0.3, -0.25) is 0 Å². The average molecular weight is 280 g/mol. The first-order valence-corrected chi connectivity index (χ1v) is 6.35. The molecule has 0 aromatic carbocycles. The molecule has 0 aromatic rings. The van der Waals surface area contributed by atoms with E-state index in [-0.39, 0.29) is 24.3 Å². The molecule has 0 bridgehead atoms. The lowest BCUT2D eigenvalue weighted by Crippen LogP contribution is -2.25. The fourth-order valence-corrected chi connectivity index (χ4v) is 1.44. The van der Waals surface area contributed by atoms with E-state index in [9.17, 15) is 9.59 Å². The van der Waals surface area contributed by atoms with Crippen LogP contribution in [0.4, 0.5) is 0 Å². The molecule has 0 spiro atoms. The first-order chi connectivity index (χ1) is 9.45. The topological polar surface area (TPSA) is 65.1 Å². The van der Waals surface area contributed by atoms with Crippen LogP contribution in [0.5, 0.6) is 0 Å². The quantitative estimate of drug-likeness (QED) is 0.322. The molecular formula is C15H20O5. The van der Waals surface area contributed by atoms with Crippen molar-refractivity contribution in [1.82, 2.24) is 0 Å². The van der Waals surface area contributed by atoms with Crippen molar-refractivity contribution < 1.29 is 23.8 Å². The van der Waals surface area contributed by atoms with Gasteiger partial charge in [0.1, 0.15) is 18.3 Å². The van der Waals surface area contributed by atoms with E-state index >= 15 is 0 Å². The first-order valence-electron chi connectivity index (χ1n) is 6.35. The van der Waals surface area contributed by atoms with Crippen molar-refractivity contribution in [3.05, 3.63) is 37.5 Å². The van der Waals surface area contributed by atoms with Crippen molar-refractivity contribution in [1.29, 1.82) is 0 Å². The van der Waals surface area contributed by atoms with E-state index in [0.717, 1.165) is 25.5 Å². The molecule has 2 rings (SSSR count). The summed E-state index contributed by atoms with van der Waals surface area (Å²) in [6.45, 7) is 12.7. The first kappa shape index (κ1) is 16.2. The van der Waals surface area contributed by atoms with Gasteiger partial charge in [-0.15, -0.1) is 0 Å². The van der Waals surface area contributed by atoms with Crippen LogP contribution in [-0.4, -0.2) is 36.9 Å². The number of ether oxygens (including phenoxy) is 3. The van der Waals surface area contributed by atoms with Crippen LogP contribution in [0, 0.1) is 0 Å². The Morgan fingerprint density at radius 1 is 1.40 bits per heavy atom. The summed E-state index contributed by atoms with van der Waals surface area (Å²) in [6.07, 6.45) is 4.67. The van der Waals surface area contributed by atoms with Crippen LogP contribution in [0.3, 0.4) is 0 Å². The molecule has 2 aliphatic rings. The number of rotatable bonds is 6. The van der Waals surface area contributed by atoms with Gasteiger partial charge >= 0.3 is 11.9 Å². The summed E-state index contributed by atoms with van der Waals surface area (Å²) in [7, 11) is 0. The van der Waals surface area contributed by atoms with Crippen LogP contribution in [0.15, 0.2) is 37.5 Å². The van der Waals surface area contributed by atoms with E-state index in [4.69, 9.17) is 9.47 Å². The summed E-state index contributed by atoms with van der Waals surface area (Å²) in [5, 5.41) is 0. The molecule has 0 radical (unpaired) electrons. The normalized spacial score (nSPS) is 20.6. The zero-order valence-corrected chi connectivity index (χ0v) is 11.7. The largest absolute Gasteiger partial charge is 0.458 e. The summed E-state index contributed by atoms with van der Waals surface area (Å²) in [4.78, 5) is 21.3. The Hall–Kier alpha value is -1.88. The van der Waals surface area contributed by atoms with E-state index in [0.29, 0.717) is 5.57 Å². The third-order valence-corrected chi connectivity index (χ3v) is 2.82. The van der Waals surface area contributed by atoms with E-state index in [1.807, 2.05) is 0 Å². The van der Waals surface area contributed by atoms with Crippen LogP contribution in [-0.2, 0) is 23.8 Å². The molecule has 0 N–H and O–H groups in total. The van der Waals surface area contributed by atoms with Crippen molar-refractivity contribution >= 4 is 11.9 Å². The molecule has 1 saturated heterocycles. The molecule has 20 heavy (non-hydrogen) atoms. The molecule has 2 fully saturated rings. The van der Waals surface area contributed by atoms with E-state index in [2.05, 4.69) is 24.5 Å². The van der Waals surface area contributed by atoms with E-state index < -0.39 is 5.97 Å². The van der Waals surface area contributed by atoms with Crippen LogP contribution in [0.1, 0.15) is 19.8 Å². The SMILES string of the molecule is C=C(C)C(=O)OC1(C2CO2)CC1.C=CCOC(=O)C=C. The number of hydrogen-bond donors (Lipinski definition) is 0. The number of esters is 2. The third kappa shape index (κ3) is 5.01. The minimum Gasteiger partial charge on any atom is -0.458 e. The highest BCUT2D eigenvalue weighted by Crippen LogP contribution is 2.48. The standard InChI is InChI=1S/C9H12O3.C6H8O2/c1-6(2)8(10)12-9(3-4-9)7-5-11-7;1-3-5-8-6(7)4-2/h7H,1,3-5H2,2H3;3-4H,1-2,5H2. The maximum absolute atomic E-state index is 11.2. The van der Waals surface area contributed by atoms with Crippen molar-refractivity contribution in [3.8, 4) is 0 Å². The van der Waals surface area contributed by atoms with Gasteiger partial charge in [0.05, 0.1) is 6.61 Å². The summed E-state index contributed by atoms with van der Waals surface area (Å²) in [5.74, 6) is -0.701. The molecule has 1 heterocycles. The van der Waals surface area contributed by atoms with Crippen molar-refractivity contribution in [3.63, 3.8) is 0 Å². The number of carbonyl (C=O) groups is 2. The summed E-state index contributed by atoms with van der Waals surface area (Å²) < 4.78 is 14.8. The van der Waals surface area contributed by atoms with Gasteiger partial charge in [0.2, 0.25) is 0 Å². The molecule has 1 aliphatic carbocycles. The van der Waals surface area contributed by atoms with Gasteiger partial charge in [-0.05, 0) is 19.8 Å². The van der Waals surface area contributed by atoms with Crippen LogP contribution in [0.2, 0.25) is 0 Å². The second kappa shape index (κ2) is 7.05. The maximum atomic E-state index is 11.2. The van der Waals surface area contributed by atoms with Gasteiger partial charge in [-0.2, -0.15) is 0 Å². The maximum Gasteiger partial charge on any atom is 0.333 e. The molecule has 1 aliphatic heterocycles. The zero-order valence-electron chi connectivity index (χ0n) is 11.7. The summed E-state index contributed by atoms with van der Waals surface area (Å²) in [5.41, 5.74) is 0.192. The Morgan fingerprint density at radius 2 is 2.00 bits per heavy atom. The van der Waals surface area contributed by atoms with Crippen molar-refractivity contribution in [2.45, 2.75) is 31.5 Å². The van der Waals surface area contributed by atoms with Gasteiger partial charge in [0.15, 0.2) is 0 Å². The lowest BCUT2D eigenvalue weighted by molar-refractivity contribution is -0.147. The van der Waals surface area contributed by atoms with Crippen molar-refractivity contribution in [2.24, 2.45) is 0 Å². The van der Waals surface area contributed by atoms with Crippen LogP contribution in [0.25, 0.3) is 0 Å². The van der Waals surface area contributed by atoms with Gasteiger partial charge in [-0.1, -0.05) is 25.8 Å². The number of epoxide rings is 1. The molecule has 1 atom stereocenters. The number of carbonyl (C=O) groups excluding carboxylic acids is 2. The Morgan fingerprint density at radius 3 is 2.35 bits per heavy atom. The highest BCUT2D eigenvalue weighted by molar-refractivity contribution is 5.87. The lowest BCUT2D eigenvalue weighted by atomic mass is 10.2. The third-order valence-electron chi connectivity index (χ3n) is 2.82. The Bertz CT molecular complexity index is 416. The smallest absolute Gasteiger partial charge is 0.333 e. The Kier molecular flexibility index (Phi) is 5.70. The highest BCUT2D eigenvalue weighted by atomic mass is 16.6. The monoisotopic (exact) mass is 280 g/mol. The molecule has 110 valence electrons. The number of hydrogen-bond acceptors (Lipinski definition) is 5. The fourth-order valence-electron chi connectivity index (χ4n) is 1.44. The molecule has 0 amide bonds. The molecular weight excluding hydrogens is 260 g/mol. The molecule has 5 heteroatoms. The molecule has 1 unspecified atom stereocenters. The van der Waals surface area contributed by atoms with Crippen LogP contribution < -0.4 is 0 Å². The molecule has 0 aromatic heterocycles. The van der Waals surface area contributed by atoms with Gasteiger partial charge < -0.3 is 14.2 Å². The minimum absolute atomic E-state index is 0.167. The van der Waals surface area contributed by atoms with E-state index in [1.54, 1.807) is 6.92 Å².